The summed E-state index contributed by atoms with van der Waals surface area (Å²) in [5.41, 5.74) is 0.874. The lowest BCUT2D eigenvalue weighted by atomic mass is 9.99. The largest absolute Gasteiger partial charge is 0.478 e. The molecule has 4 nitrogen and oxygen atoms in total. The van der Waals surface area contributed by atoms with Crippen molar-refractivity contribution in [1.82, 2.24) is 4.90 Å². The number of hydrogen-bond donors (Lipinski definition) is 0. The topological polar surface area (TPSA) is 46.6 Å². The third kappa shape index (κ3) is 3.88. The molecule has 2 aromatic carbocycles. The van der Waals surface area contributed by atoms with Gasteiger partial charge in [-0.25, -0.2) is 0 Å². The Kier molecular flexibility index (Phi) is 5.14. The van der Waals surface area contributed by atoms with E-state index < -0.39 is 12.1 Å². The molecule has 2 aromatic rings. The number of carbonyl (C=O) groups is 2. The van der Waals surface area contributed by atoms with Gasteiger partial charge in [0, 0.05) is 5.56 Å². The zero-order valence-corrected chi connectivity index (χ0v) is 13.4. The minimum atomic E-state index is -0.780. The number of β-lactam (4-membered cyclic amide) rings is 1. The first-order valence-corrected chi connectivity index (χ1v) is 7.81. The molecule has 0 bridgehead atoms. The molecule has 0 saturated carbocycles. The molecule has 0 unspecified atom stereocenters. The molecular formula is C21H15NO3. The van der Waals surface area contributed by atoms with E-state index in [4.69, 9.17) is 4.74 Å². The van der Waals surface area contributed by atoms with Crippen molar-refractivity contribution >= 4 is 12.2 Å². The number of likely N-dealkylation sites (tertiary alicyclic amines) is 1. The fourth-order valence-corrected chi connectivity index (χ4v) is 2.43. The van der Waals surface area contributed by atoms with Crippen molar-refractivity contribution in [1.29, 1.82) is 0 Å². The van der Waals surface area contributed by atoms with Gasteiger partial charge in [-0.2, -0.15) is 0 Å². The fourth-order valence-electron chi connectivity index (χ4n) is 2.43. The highest BCUT2D eigenvalue weighted by Crippen LogP contribution is 2.23. The van der Waals surface area contributed by atoms with Gasteiger partial charge in [0.1, 0.15) is 18.1 Å². The first-order chi connectivity index (χ1) is 12.3. The number of nitrogens with zero attached hydrogens (tertiary/aromatic N) is 1. The second-order valence-electron chi connectivity index (χ2n) is 5.36. The van der Waals surface area contributed by atoms with Crippen molar-refractivity contribution in [3.05, 3.63) is 66.2 Å². The third-order valence-electron chi connectivity index (χ3n) is 3.72. The van der Waals surface area contributed by atoms with E-state index in [2.05, 4.69) is 23.7 Å². The molecule has 1 saturated heterocycles. The van der Waals surface area contributed by atoms with Crippen molar-refractivity contribution in [3.8, 4) is 29.4 Å². The summed E-state index contributed by atoms with van der Waals surface area (Å²) in [7, 11) is 0. The average molecular weight is 329 g/mol. The molecule has 0 aromatic heterocycles. The Hall–Kier alpha value is -3.50. The van der Waals surface area contributed by atoms with E-state index in [-0.39, 0.29) is 12.5 Å². The van der Waals surface area contributed by atoms with Gasteiger partial charge in [0.15, 0.2) is 0 Å². The monoisotopic (exact) mass is 329 g/mol. The van der Waals surface area contributed by atoms with Crippen LogP contribution < -0.4 is 4.74 Å². The highest BCUT2D eigenvalue weighted by Gasteiger charge is 2.48. The summed E-state index contributed by atoms with van der Waals surface area (Å²) in [4.78, 5) is 24.8. The summed E-state index contributed by atoms with van der Waals surface area (Å²) >= 11 is 0. The molecule has 1 heterocycles. The van der Waals surface area contributed by atoms with Crippen molar-refractivity contribution < 1.29 is 14.3 Å². The van der Waals surface area contributed by atoms with E-state index in [1.807, 2.05) is 48.5 Å². The van der Waals surface area contributed by atoms with E-state index in [1.165, 1.54) is 4.90 Å². The zero-order chi connectivity index (χ0) is 17.5. The molecule has 122 valence electrons. The van der Waals surface area contributed by atoms with Gasteiger partial charge in [0.05, 0.1) is 6.54 Å². The lowest BCUT2D eigenvalue weighted by Crippen LogP contribution is -2.67. The van der Waals surface area contributed by atoms with E-state index in [0.29, 0.717) is 12.0 Å². The molecule has 25 heavy (non-hydrogen) atoms. The van der Waals surface area contributed by atoms with Gasteiger partial charge in [-0.05, 0) is 36.1 Å². The van der Waals surface area contributed by atoms with Gasteiger partial charge < -0.3 is 14.4 Å². The van der Waals surface area contributed by atoms with Gasteiger partial charge in [-0.1, -0.05) is 48.2 Å². The Morgan fingerprint density at radius 2 is 1.68 bits per heavy atom. The number of aldehydes is 1. The Morgan fingerprint density at radius 1 is 1.00 bits per heavy atom. The van der Waals surface area contributed by atoms with E-state index in [9.17, 15) is 9.59 Å². The number of ether oxygens (including phenoxy) is 1. The van der Waals surface area contributed by atoms with Gasteiger partial charge in [-0.15, -0.1) is 0 Å². The molecule has 1 amide bonds. The Labute approximate surface area is 146 Å². The first kappa shape index (κ1) is 16.4. The first-order valence-electron chi connectivity index (χ1n) is 7.81. The number of carbonyl (C=O) groups excluding carboxylic acids is 2. The summed E-state index contributed by atoms with van der Waals surface area (Å²) in [5, 5.41) is 0. The van der Waals surface area contributed by atoms with E-state index in [0.717, 1.165) is 5.56 Å². The molecule has 1 fully saturated rings. The quantitative estimate of drug-likeness (QED) is 0.489. The van der Waals surface area contributed by atoms with Crippen molar-refractivity contribution in [2.75, 3.05) is 6.54 Å². The second kappa shape index (κ2) is 7.86. The molecule has 0 aliphatic carbocycles. The number of hydrogen-bond acceptors (Lipinski definition) is 3. The number of amides is 1. The van der Waals surface area contributed by atoms with Crippen LogP contribution in [-0.4, -0.2) is 35.8 Å². The third-order valence-corrected chi connectivity index (χ3v) is 3.72. The fraction of sp³-hybridized carbons (Fsp3) is 0.143. The minimum Gasteiger partial charge on any atom is -0.478 e. The molecule has 0 radical (unpaired) electrons. The van der Waals surface area contributed by atoms with Crippen LogP contribution in [0.1, 0.15) is 5.56 Å². The van der Waals surface area contributed by atoms with Gasteiger partial charge >= 0.3 is 0 Å². The summed E-state index contributed by atoms with van der Waals surface area (Å²) in [6.45, 7) is 0.153. The van der Waals surface area contributed by atoms with Crippen LogP contribution in [0.5, 0.6) is 5.75 Å². The molecular weight excluding hydrogens is 314 g/mol. The Balaban J connectivity index is 1.57. The van der Waals surface area contributed by atoms with Crippen LogP contribution in [-0.2, 0) is 9.59 Å². The van der Waals surface area contributed by atoms with Gasteiger partial charge in [0.2, 0.25) is 6.10 Å². The maximum absolute atomic E-state index is 12.2. The van der Waals surface area contributed by atoms with Crippen molar-refractivity contribution in [2.24, 2.45) is 0 Å². The normalized spacial score (nSPS) is 18.1. The highest BCUT2D eigenvalue weighted by molar-refractivity contribution is 5.95. The number of para-hydroxylation sites is 1. The molecule has 3 rings (SSSR count). The number of rotatable bonds is 4. The lowest BCUT2D eigenvalue weighted by molar-refractivity contribution is -0.163. The van der Waals surface area contributed by atoms with Crippen LogP contribution >= 0.6 is 0 Å². The van der Waals surface area contributed by atoms with Crippen LogP contribution in [0.4, 0.5) is 0 Å². The highest BCUT2D eigenvalue weighted by atomic mass is 16.5. The predicted octanol–water partition coefficient (Wildman–Crippen LogP) is 1.90. The maximum atomic E-state index is 12.2. The SMILES string of the molecule is O=C[C@H]1[C@@H](Oc2ccccc2)C(=O)N1CC#CC#Cc1ccccc1. The smallest absolute Gasteiger partial charge is 0.267 e. The van der Waals surface area contributed by atoms with Crippen LogP contribution in [0, 0.1) is 23.7 Å². The van der Waals surface area contributed by atoms with Crippen LogP contribution in [0.2, 0.25) is 0 Å². The lowest BCUT2D eigenvalue weighted by Gasteiger charge is -2.42. The molecule has 0 spiro atoms. The number of benzene rings is 2. The Bertz CT molecular complexity index is 869. The van der Waals surface area contributed by atoms with Gasteiger partial charge in [0.25, 0.3) is 5.91 Å². The summed E-state index contributed by atoms with van der Waals surface area (Å²) in [6, 6.07) is 17.8. The van der Waals surface area contributed by atoms with Crippen molar-refractivity contribution in [3.63, 3.8) is 0 Å². The van der Waals surface area contributed by atoms with Crippen molar-refractivity contribution in [2.45, 2.75) is 12.1 Å². The molecule has 0 N–H and O–H groups in total. The average Bonchev–Trinajstić information content (AvgIpc) is 2.67. The predicted molar refractivity (Wildman–Crippen MR) is 93.5 cm³/mol. The van der Waals surface area contributed by atoms with E-state index in [1.54, 1.807) is 12.1 Å². The molecule has 2 atom stereocenters. The van der Waals surface area contributed by atoms with Crippen LogP contribution in [0.25, 0.3) is 0 Å². The van der Waals surface area contributed by atoms with Gasteiger partial charge in [-0.3, -0.25) is 4.79 Å². The summed E-state index contributed by atoms with van der Waals surface area (Å²) in [5.74, 6) is 11.5. The maximum Gasteiger partial charge on any atom is 0.267 e. The zero-order valence-electron chi connectivity index (χ0n) is 13.4. The van der Waals surface area contributed by atoms with E-state index >= 15 is 0 Å². The Morgan fingerprint density at radius 3 is 2.36 bits per heavy atom. The standard InChI is InChI=1S/C21H15NO3/c23-16-19-20(25-18-13-7-2-8-14-18)21(24)22(19)15-9-3-6-12-17-10-4-1-5-11-17/h1-2,4-5,7-8,10-11,13-14,16,19-20H,15H2/t19-,20+/m0/s1. The molecule has 1 aliphatic heterocycles. The van der Waals surface area contributed by atoms with Crippen LogP contribution in [0.15, 0.2) is 60.7 Å². The summed E-state index contributed by atoms with van der Waals surface area (Å²) in [6.07, 6.45) is -0.0658. The summed E-state index contributed by atoms with van der Waals surface area (Å²) < 4.78 is 5.58. The van der Waals surface area contributed by atoms with Crippen LogP contribution in [0.3, 0.4) is 0 Å². The second-order valence-corrected chi connectivity index (χ2v) is 5.36. The molecule has 1 aliphatic rings. The minimum absolute atomic E-state index is 0.153. The molecule has 4 heteroatoms.